The number of ether oxygens (including phenoxy) is 1. The fraction of sp³-hybridized carbons (Fsp3) is 0.292. The van der Waals surface area contributed by atoms with E-state index in [1.807, 2.05) is 42.5 Å². The highest BCUT2D eigenvalue weighted by Crippen LogP contribution is 2.36. The van der Waals surface area contributed by atoms with Crippen LogP contribution in [0.1, 0.15) is 47.1 Å². The number of para-hydroxylation sites is 1. The van der Waals surface area contributed by atoms with Crippen molar-refractivity contribution in [3.63, 3.8) is 0 Å². The number of amides is 1. The van der Waals surface area contributed by atoms with Crippen LogP contribution in [0.5, 0.6) is 0 Å². The van der Waals surface area contributed by atoms with Gasteiger partial charge in [-0.1, -0.05) is 18.2 Å². The highest BCUT2D eigenvalue weighted by molar-refractivity contribution is 6.07. The average molecular weight is 404 g/mol. The van der Waals surface area contributed by atoms with Crippen LogP contribution in [0.15, 0.2) is 47.1 Å². The predicted octanol–water partition coefficient (Wildman–Crippen LogP) is 4.34. The minimum Gasteiger partial charge on any atom is -0.465 e. The lowest BCUT2D eigenvalue weighted by Gasteiger charge is -2.23. The van der Waals surface area contributed by atoms with E-state index in [0.29, 0.717) is 5.56 Å². The van der Waals surface area contributed by atoms with Crippen molar-refractivity contribution in [1.29, 1.82) is 0 Å². The average Bonchev–Trinajstić information content (AvgIpc) is 3.24. The van der Waals surface area contributed by atoms with Gasteiger partial charge < -0.3 is 14.1 Å². The number of hydrogen-bond acceptors (Lipinski definition) is 5. The molecule has 1 aromatic carbocycles. The van der Waals surface area contributed by atoms with Crippen LogP contribution >= 0.6 is 0 Å². The Balaban J connectivity index is 1.83. The van der Waals surface area contributed by atoms with Crippen molar-refractivity contribution >= 4 is 34.4 Å². The number of carbonyl (C=O) groups excluding carboxylic acids is 2. The fourth-order valence-electron chi connectivity index (χ4n) is 3.89. The Bertz CT molecular complexity index is 1130. The molecule has 2 aromatic heterocycles. The maximum atomic E-state index is 13.2. The van der Waals surface area contributed by atoms with E-state index >= 15 is 0 Å². The molecule has 0 bridgehead atoms. The monoisotopic (exact) mass is 404 g/mol. The maximum absolute atomic E-state index is 13.2. The molecule has 0 aliphatic heterocycles. The van der Waals surface area contributed by atoms with E-state index in [-0.39, 0.29) is 5.91 Å². The normalized spacial score (nSPS) is 15.6. The molecule has 1 aliphatic carbocycles. The third-order valence-electron chi connectivity index (χ3n) is 5.31. The quantitative estimate of drug-likeness (QED) is 0.605. The molecule has 0 radical (unpaired) electrons. The molecule has 0 saturated carbocycles. The highest BCUT2D eigenvalue weighted by atomic mass is 16.5. The molecule has 6 heteroatoms. The lowest BCUT2D eigenvalue weighted by Crippen LogP contribution is -2.35. The molecule has 1 unspecified atom stereocenters. The molecule has 1 aliphatic rings. The van der Waals surface area contributed by atoms with Gasteiger partial charge in [0.05, 0.1) is 23.0 Å². The first-order valence-electron chi connectivity index (χ1n) is 10.0. The number of fused-ring (bicyclic) bond motifs is 2. The Morgan fingerprint density at radius 1 is 1.17 bits per heavy atom. The van der Waals surface area contributed by atoms with Gasteiger partial charge in [0.1, 0.15) is 5.76 Å². The van der Waals surface area contributed by atoms with Crippen LogP contribution in [0.4, 0.5) is 0 Å². The van der Waals surface area contributed by atoms with Gasteiger partial charge in [0.2, 0.25) is 0 Å². The number of esters is 1. The molecular formula is C24H24N2O4. The first kappa shape index (κ1) is 19.9. The summed E-state index contributed by atoms with van der Waals surface area (Å²) < 4.78 is 11.1. The van der Waals surface area contributed by atoms with E-state index in [9.17, 15) is 9.59 Å². The Morgan fingerprint density at radius 3 is 2.70 bits per heavy atom. The molecule has 30 heavy (non-hydrogen) atoms. The highest BCUT2D eigenvalue weighted by Gasteiger charge is 2.28. The van der Waals surface area contributed by atoms with Gasteiger partial charge in [0.25, 0.3) is 5.91 Å². The van der Waals surface area contributed by atoms with Gasteiger partial charge in [0.15, 0.2) is 6.10 Å². The molecule has 2 heterocycles. The fourth-order valence-corrected chi connectivity index (χ4v) is 3.89. The third kappa shape index (κ3) is 3.73. The van der Waals surface area contributed by atoms with Crippen molar-refractivity contribution in [2.24, 2.45) is 0 Å². The Kier molecular flexibility index (Phi) is 5.40. The Labute approximate surface area is 175 Å². The van der Waals surface area contributed by atoms with E-state index in [2.05, 4.69) is 0 Å². The molecule has 0 N–H and O–H groups in total. The maximum Gasteiger partial charge on any atom is 0.339 e. The van der Waals surface area contributed by atoms with E-state index in [1.165, 1.54) is 4.90 Å². The number of likely N-dealkylation sites (N-methyl/N-ethyl adjacent to an activating group) is 1. The van der Waals surface area contributed by atoms with Crippen LogP contribution in [0.2, 0.25) is 0 Å². The molecule has 4 rings (SSSR count). The van der Waals surface area contributed by atoms with Crippen molar-refractivity contribution in [3.8, 4) is 0 Å². The standard InChI is InChI=1S/C24H24N2O4/c1-15(23(27)26(2)3)30-24(28)21-18-10-4-5-12-20(18)25-22-16(8-6-11-19(21)22)14-17-9-7-13-29-17/h4-5,7,9-10,12-15H,6,8,11H2,1-3H3/b16-14+. The van der Waals surface area contributed by atoms with Gasteiger partial charge in [-0.05, 0) is 61.6 Å². The smallest absolute Gasteiger partial charge is 0.339 e. The second-order valence-electron chi connectivity index (χ2n) is 7.65. The van der Waals surface area contributed by atoms with Crippen LogP contribution in [0, 0.1) is 0 Å². The predicted molar refractivity (Wildman–Crippen MR) is 115 cm³/mol. The van der Waals surface area contributed by atoms with Gasteiger partial charge in [-0.25, -0.2) is 9.78 Å². The van der Waals surface area contributed by atoms with Gasteiger partial charge in [0, 0.05) is 19.5 Å². The van der Waals surface area contributed by atoms with Crippen molar-refractivity contribution in [1.82, 2.24) is 9.88 Å². The second kappa shape index (κ2) is 8.14. The lowest BCUT2D eigenvalue weighted by atomic mass is 9.86. The van der Waals surface area contributed by atoms with Gasteiger partial charge in [-0.2, -0.15) is 0 Å². The van der Waals surface area contributed by atoms with Crippen molar-refractivity contribution < 1.29 is 18.7 Å². The first-order valence-corrected chi connectivity index (χ1v) is 10.0. The Hall–Kier alpha value is -3.41. The topological polar surface area (TPSA) is 72.6 Å². The summed E-state index contributed by atoms with van der Waals surface area (Å²) in [6, 6.07) is 11.3. The number of hydrogen-bond donors (Lipinski definition) is 0. The molecule has 3 aromatic rings. The minimum atomic E-state index is -0.864. The summed E-state index contributed by atoms with van der Waals surface area (Å²) >= 11 is 0. The zero-order valence-electron chi connectivity index (χ0n) is 17.3. The summed E-state index contributed by atoms with van der Waals surface area (Å²) in [5.74, 6) is 0.00270. The zero-order chi connectivity index (χ0) is 21.3. The molecule has 1 atom stereocenters. The molecule has 6 nitrogen and oxygen atoms in total. The molecule has 154 valence electrons. The number of aromatic nitrogens is 1. The van der Waals surface area contributed by atoms with Crippen molar-refractivity contribution in [3.05, 3.63) is 65.2 Å². The van der Waals surface area contributed by atoms with Crippen LogP contribution in [-0.2, 0) is 16.0 Å². The summed E-state index contributed by atoms with van der Waals surface area (Å²) in [6.07, 6.45) is 5.22. The van der Waals surface area contributed by atoms with Gasteiger partial charge in [-0.15, -0.1) is 0 Å². The van der Waals surface area contributed by atoms with Crippen molar-refractivity contribution in [2.45, 2.75) is 32.3 Å². The van der Waals surface area contributed by atoms with Crippen LogP contribution < -0.4 is 0 Å². The van der Waals surface area contributed by atoms with Gasteiger partial charge in [-0.3, -0.25) is 4.79 Å². The number of benzene rings is 1. The zero-order valence-corrected chi connectivity index (χ0v) is 17.3. The Morgan fingerprint density at radius 2 is 1.97 bits per heavy atom. The molecular weight excluding hydrogens is 380 g/mol. The summed E-state index contributed by atoms with van der Waals surface area (Å²) in [6.45, 7) is 1.60. The minimum absolute atomic E-state index is 0.256. The van der Waals surface area contributed by atoms with E-state index in [4.69, 9.17) is 14.1 Å². The summed E-state index contributed by atoms with van der Waals surface area (Å²) in [5.41, 5.74) is 3.92. The number of nitrogens with zero attached hydrogens (tertiary/aromatic N) is 2. The summed E-state index contributed by atoms with van der Waals surface area (Å²) in [5, 5.41) is 0.741. The number of carbonyl (C=O) groups is 2. The van der Waals surface area contributed by atoms with Crippen LogP contribution in [0.3, 0.4) is 0 Å². The second-order valence-corrected chi connectivity index (χ2v) is 7.65. The van der Waals surface area contributed by atoms with Crippen molar-refractivity contribution in [2.75, 3.05) is 14.1 Å². The van der Waals surface area contributed by atoms with E-state index < -0.39 is 12.1 Å². The molecule has 0 fully saturated rings. The van der Waals surface area contributed by atoms with Crippen LogP contribution in [0.25, 0.3) is 22.6 Å². The molecule has 0 spiro atoms. The number of furan rings is 1. The van der Waals surface area contributed by atoms with Crippen LogP contribution in [-0.4, -0.2) is 42.0 Å². The lowest BCUT2D eigenvalue weighted by molar-refractivity contribution is -0.137. The number of allylic oxidation sites excluding steroid dienone is 1. The van der Waals surface area contributed by atoms with E-state index in [1.54, 1.807) is 27.3 Å². The summed E-state index contributed by atoms with van der Waals surface area (Å²) in [7, 11) is 3.28. The largest absolute Gasteiger partial charge is 0.465 e. The first-order chi connectivity index (χ1) is 14.5. The third-order valence-corrected chi connectivity index (χ3v) is 5.31. The number of rotatable bonds is 4. The number of pyridine rings is 1. The molecule has 0 saturated heterocycles. The van der Waals surface area contributed by atoms with Gasteiger partial charge >= 0.3 is 5.97 Å². The molecule has 1 amide bonds. The SMILES string of the molecule is CC(OC(=O)c1c2c(nc3ccccc13)/C(=C/c1ccco1)CCC2)C(=O)N(C)C. The summed E-state index contributed by atoms with van der Waals surface area (Å²) in [4.78, 5) is 31.7. The van der Waals surface area contributed by atoms with E-state index in [0.717, 1.165) is 52.8 Å².